The summed E-state index contributed by atoms with van der Waals surface area (Å²) in [4.78, 5) is 0. The molecule has 2 unspecified atom stereocenters. The molecule has 2 aromatic carbocycles. The molecule has 2 atom stereocenters. The average molecular weight is 243 g/mol. The van der Waals surface area contributed by atoms with E-state index in [1.165, 1.54) is 0 Å². The first kappa shape index (κ1) is 12.4. The van der Waals surface area contributed by atoms with Gasteiger partial charge in [-0.1, -0.05) is 30.3 Å². The Labute approximate surface area is 105 Å². The van der Waals surface area contributed by atoms with E-state index >= 15 is 0 Å². The largest absolute Gasteiger partial charge is 0.496 e. The van der Waals surface area contributed by atoms with Crippen LogP contribution in [0.25, 0.3) is 10.8 Å². The van der Waals surface area contributed by atoms with Crippen LogP contribution in [0.15, 0.2) is 36.4 Å². The highest BCUT2D eigenvalue weighted by atomic mass is 16.5. The Balaban J connectivity index is 2.64. The van der Waals surface area contributed by atoms with Crippen LogP contribution < -0.4 is 4.74 Å². The standard InChI is InChI=1S/C14H13NO3/c1-18-13-7-6-11(14(17)12(16)8-15)9-4-2-3-5-10(9)13/h2-7,12,14,16-17H,1H3. The predicted molar refractivity (Wildman–Crippen MR) is 67.1 cm³/mol. The van der Waals surface area contributed by atoms with Crippen LogP contribution in [-0.2, 0) is 0 Å². The van der Waals surface area contributed by atoms with Crippen LogP contribution in [0, 0.1) is 11.3 Å². The molecule has 0 aliphatic rings. The number of hydrogen-bond donors (Lipinski definition) is 2. The van der Waals surface area contributed by atoms with Crippen molar-refractivity contribution in [3.63, 3.8) is 0 Å². The summed E-state index contributed by atoms with van der Waals surface area (Å²) in [5.41, 5.74) is 0.514. The van der Waals surface area contributed by atoms with Crippen LogP contribution in [0.1, 0.15) is 11.7 Å². The molecule has 92 valence electrons. The monoisotopic (exact) mass is 243 g/mol. The summed E-state index contributed by atoms with van der Waals surface area (Å²) in [6, 6.07) is 12.4. The van der Waals surface area contributed by atoms with Crippen molar-refractivity contribution in [1.82, 2.24) is 0 Å². The zero-order chi connectivity index (χ0) is 13.1. The third kappa shape index (κ3) is 2.02. The maximum Gasteiger partial charge on any atom is 0.170 e. The van der Waals surface area contributed by atoms with Crippen molar-refractivity contribution in [2.75, 3.05) is 7.11 Å². The Morgan fingerprint density at radius 3 is 2.39 bits per heavy atom. The highest BCUT2D eigenvalue weighted by Gasteiger charge is 2.20. The first-order valence-electron chi connectivity index (χ1n) is 5.50. The van der Waals surface area contributed by atoms with Gasteiger partial charge in [0.05, 0.1) is 13.2 Å². The quantitative estimate of drug-likeness (QED) is 0.806. The molecular weight excluding hydrogens is 230 g/mol. The van der Waals surface area contributed by atoms with E-state index in [1.807, 2.05) is 24.3 Å². The molecule has 0 radical (unpaired) electrons. The van der Waals surface area contributed by atoms with Gasteiger partial charge in [0.15, 0.2) is 6.10 Å². The predicted octanol–water partition coefficient (Wildman–Crippen LogP) is 1.77. The molecule has 0 aromatic heterocycles. The highest BCUT2D eigenvalue weighted by Crippen LogP contribution is 2.32. The summed E-state index contributed by atoms with van der Waals surface area (Å²) in [6.45, 7) is 0. The van der Waals surface area contributed by atoms with E-state index in [4.69, 9.17) is 10.00 Å². The fraction of sp³-hybridized carbons (Fsp3) is 0.214. The van der Waals surface area contributed by atoms with E-state index in [1.54, 1.807) is 25.3 Å². The van der Waals surface area contributed by atoms with Gasteiger partial charge in [-0.05, 0) is 17.0 Å². The zero-order valence-corrected chi connectivity index (χ0v) is 9.87. The maximum atomic E-state index is 9.94. The van der Waals surface area contributed by atoms with Crippen LogP contribution >= 0.6 is 0 Å². The summed E-state index contributed by atoms with van der Waals surface area (Å²) in [5, 5.41) is 29.6. The second-order valence-electron chi connectivity index (χ2n) is 3.92. The summed E-state index contributed by atoms with van der Waals surface area (Å²) < 4.78 is 5.24. The highest BCUT2D eigenvalue weighted by molar-refractivity contribution is 5.91. The fourth-order valence-electron chi connectivity index (χ4n) is 1.97. The minimum absolute atomic E-state index is 0.514. The van der Waals surface area contributed by atoms with Gasteiger partial charge in [-0.25, -0.2) is 0 Å². The molecule has 0 aliphatic carbocycles. The van der Waals surface area contributed by atoms with Crippen LogP contribution in [0.4, 0.5) is 0 Å². The lowest BCUT2D eigenvalue weighted by molar-refractivity contribution is 0.0537. The van der Waals surface area contributed by atoms with Crippen LogP contribution in [0.2, 0.25) is 0 Å². The Morgan fingerprint density at radius 1 is 1.11 bits per heavy atom. The lowest BCUT2D eigenvalue weighted by Gasteiger charge is -2.16. The van der Waals surface area contributed by atoms with Gasteiger partial charge in [-0.2, -0.15) is 5.26 Å². The van der Waals surface area contributed by atoms with E-state index in [9.17, 15) is 10.2 Å². The number of aliphatic hydroxyl groups is 2. The van der Waals surface area contributed by atoms with Crippen molar-refractivity contribution in [3.8, 4) is 11.8 Å². The molecule has 2 rings (SSSR count). The normalized spacial score (nSPS) is 13.9. The van der Waals surface area contributed by atoms with Gasteiger partial charge in [-0.15, -0.1) is 0 Å². The van der Waals surface area contributed by atoms with Crippen LogP contribution in [0.3, 0.4) is 0 Å². The molecular formula is C14H13NO3. The number of hydrogen-bond acceptors (Lipinski definition) is 4. The van der Waals surface area contributed by atoms with Gasteiger partial charge in [0.1, 0.15) is 11.9 Å². The third-order valence-electron chi connectivity index (χ3n) is 2.89. The summed E-state index contributed by atoms with van der Waals surface area (Å²) in [5.74, 6) is 0.688. The van der Waals surface area contributed by atoms with Crippen molar-refractivity contribution in [3.05, 3.63) is 42.0 Å². The Morgan fingerprint density at radius 2 is 1.78 bits per heavy atom. The Hall–Kier alpha value is -2.09. The topological polar surface area (TPSA) is 73.5 Å². The van der Waals surface area contributed by atoms with Crippen molar-refractivity contribution < 1.29 is 14.9 Å². The smallest absolute Gasteiger partial charge is 0.170 e. The minimum atomic E-state index is -1.44. The number of aliphatic hydroxyl groups excluding tert-OH is 2. The summed E-state index contributed by atoms with van der Waals surface area (Å²) in [7, 11) is 1.57. The van der Waals surface area contributed by atoms with E-state index in [0.717, 1.165) is 10.8 Å². The zero-order valence-electron chi connectivity index (χ0n) is 9.87. The third-order valence-corrected chi connectivity index (χ3v) is 2.89. The summed E-state index contributed by atoms with van der Waals surface area (Å²) in [6.07, 6.45) is -2.67. The molecule has 4 heteroatoms. The second-order valence-corrected chi connectivity index (χ2v) is 3.92. The average Bonchev–Trinajstić information content (AvgIpc) is 2.44. The van der Waals surface area contributed by atoms with Crippen molar-refractivity contribution >= 4 is 10.8 Å². The minimum Gasteiger partial charge on any atom is -0.496 e. The lowest BCUT2D eigenvalue weighted by atomic mass is 9.97. The maximum absolute atomic E-state index is 9.94. The van der Waals surface area contributed by atoms with Crippen LogP contribution in [0.5, 0.6) is 5.75 Å². The number of benzene rings is 2. The molecule has 0 amide bonds. The van der Waals surface area contributed by atoms with Gasteiger partial charge >= 0.3 is 0 Å². The number of rotatable bonds is 3. The SMILES string of the molecule is COc1ccc(C(O)C(O)C#N)c2ccccc12. The van der Waals surface area contributed by atoms with E-state index < -0.39 is 12.2 Å². The molecule has 0 aliphatic heterocycles. The second kappa shape index (κ2) is 5.05. The summed E-state index contributed by atoms with van der Waals surface area (Å²) >= 11 is 0. The number of ether oxygens (including phenoxy) is 1. The van der Waals surface area contributed by atoms with Gasteiger partial charge in [-0.3, -0.25) is 0 Å². The van der Waals surface area contributed by atoms with Gasteiger partial charge in [0.2, 0.25) is 0 Å². The molecule has 18 heavy (non-hydrogen) atoms. The molecule has 0 spiro atoms. The first-order valence-corrected chi connectivity index (χ1v) is 5.50. The number of nitriles is 1. The molecule has 0 heterocycles. The molecule has 0 saturated heterocycles. The van der Waals surface area contributed by atoms with Crippen LogP contribution in [-0.4, -0.2) is 23.4 Å². The molecule has 0 fully saturated rings. The number of nitrogens with zero attached hydrogens (tertiary/aromatic N) is 1. The molecule has 2 N–H and O–H groups in total. The lowest BCUT2D eigenvalue weighted by Crippen LogP contribution is -2.16. The van der Waals surface area contributed by atoms with Crippen molar-refractivity contribution in [2.24, 2.45) is 0 Å². The van der Waals surface area contributed by atoms with Crippen molar-refractivity contribution in [1.29, 1.82) is 5.26 Å². The van der Waals surface area contributed by atoms with Gasteiger partial charge in [0.25, 0.3) is 0 Å². The van der Waals surface area contributed by atoms with E-state index in [2.05, 4.69) is 0 Å². The Kier molecular flexibility index (Phi) is 3.47. The number of fused-ring (bicyclic) bond motifs is 1. The van der Waals surface area contributed by atoms with E-state index in [0.29, 0.717) is 11.3 Å². The molecule has 0 bridgehead atoms. The fourth-order valence-corrected chi connectivity index (χ4v) is 1.97. The molecule has 2 aromatic rings. The van der Waals surface area contributed by atoms with Gasteiger partial charge < -0.3 is 14.9 Å². The van der Waals surface area contributed by atoms with E-state index in [-0.39, 0.29) is 0 Å². The first-order chi connectivity index (χ1) is 8.69. The van der Waals surface area contributed by atoms with Gasteiger partial charge in [0, 0.05) is 5.39 Å². The number of methoxy groups -OCH3 is 1. The molecule has 4 nitrogen and oxygen atoms in total. The van der Waals surface area contributed by atoms with Crippen molar-refractivity contribution in [2.45, 2.75) is 12.2 Å². The molecule has 0 saturated carbocycles. The Bertz CT molecular complexity index is 604.